The van der Waals surface area contributed by atoms with E-state index in [1.54, 1.807) is 0 Å². The first-order chi connectivity index (χ1) is 11.4. The molecule has 6 atom stereocenters. The van der Waals surface area contributed by atoms with Gasteiger partial charge in [-0.25, -0.2) is 0 Å². The van der Waals surface area contributed by atoms with Crippen molar-refractivity contribution in [3.8, 4) is 0 Å². The predicted octanol–water partition coefficient (Wildman–Crippen LogP) is 3.41. The summed E-state index contributed by atoms with van der Waals surface area (Å²) in [6.07, 6.45) is 10.3. The monoisotopic (exact) mass is 330 g/mol. The number of carbonyl (C=O) groups is 1. The molecule has 132 valence electrons. The molecule has 4 aliphatic carbocycles. The Morgan fingerprint density at radius 2 is 2.00 bits per heavy atom. The van der Waals surface area contributed by atoms with Crippen LogP contribution >= 0.6 is 0 Å². The number of hydrogen-bond acceptors (Lipinski definition) is 3. The van der Waals surface area contributed by atoms with Crippen LogP contribution in [-0.2, 0) is 4.79 Å². The first-order valence-electron chi connectivity index (χ1n) is 9.62. The molecule has 0 amide bonds. The van der Waals surface area contributed by atoms with Gasteiger partial charge in [0.05, 0.1) is 12.7 Å². The molecule has 3 nitrogen and oxygen atoms in total. The summed E-state index contributed by atoms with van der Waals surface area (Å²) in [5.41, 5.74) is 2.71. The van der Waals surface area contributed by atoms with Crippen molar-refractivity contribution in [3.63, 3.8) is 0 Å². The molecule has 0 saturated heterocycles. The molecule has 3 fully saturated rings. The fraction of sp³-hybridized carbons (Fsp3) is 0.762. The lowest BCUT2D eigenvalue weighted by molar-refractivity contribution is -0.124. The molecular formula is C21H30O3. The number of rotatable bonds is 1. The van der Waals surface area contributed by atoms with Crippen LogP contribution in [0.2, 0.25) is 0 Å². The van der Waals surface area contributed by atoms with E-state index in [1.807, 2.05) is 12.2 Å². The Kier molecular flexibility index (Phi) is 3.81. The van der Waals surface area contributed by atoms with Crippen LogP contribution in [0.4, 0.5) is 0 Å². The molecule has 0 aromatic carbocycles. The molecule has 0 aliphatic heterocycles. The van der Waals surface area contributed by atoms with E-state index in [0.717, 1.165) is 32.1 Å². The normalized spacial score (nSPS) is 49.4. The second-order valence-electron chi connectivity index (χ2n) is 9.03. The summed E-state index contributed by atoms with van der Waals surface area (Å²) in [5.74, 6) is 1.71. The van der Waals surface area contributed by atoms with E-state index in [-0.39, 0.29) is 35.2 Å². The summed E-state index contributed by atoms with van der Waals surface area (Å²) < 4.78 is 0. The molecule has 0 aromatic rings. The maximum absolute atomic E-state index is 11.9. The van der Waals surface area contributed by atoms with Crippen LogP contribution in [0.15, 0.2) is 23.3 Å². The molecule has 3 saturated carbocycles. The van der Waals surface area contributed by atoms with Gasteiger partial charge < -0.3 is 10.2 Å². The van der Waals surface area contributed by atoms with E-state index < -0.39 is 0 Å². The highest BCUT2D eigenvalue weighted by atomic mass is 16.3. The Bertz CT molecular complexity index is 619. The lowest BCUT2D eigenvalue weighted by atomic mass is 9.46. The van der Waals surface area contributed by atoms with Gasteiger partial charge in [-0.3, -0.25) is 4.79 Å². The van der Waals surface area contributed by atoms with Crippen molar-refractivity contribution in [2.45, 2.75) is 64.9 Å². The Hall–Kier alpha value is -0.930. The molecule has 4 rings (SSSR count). The quantitative estimate of drug-likeness (QED) is 0.725. The summed E-state index contributed by atoms with van der Waals surface area (Å²) in [7, 11) is 0. The zero-order valence-corrected chi connectivity index (χ0v) is 14.9. The van der Waals surface area contributed by atoms with E-state index in [0.29, 0.717) is 18.3 Å². The number of aliphatic hydroxyl groups excluding tert-OH is 2. The Balaban J connectivity index is 1.72. The number of ketones is 1. The molecule has 3 heteroatoms. The zero-order valence-electron chi connectivity index (χ0n) is 14.9. The van der Waals surface area contributed by atoms with Crippen LogP contribution in [0.5, 0.6) is 0 Å². The highest BCUT2D eigenvalue weighted by Crippen LogP contribution is 2.66. The number of hydrogen-bond donors (Lipinski definition) is 2. The van der Waals surface area contributed by atoms with E-state index in [1.165, 1.54) is 17.6 Å². The SMILES string of the molecule is C[C@]12CCC(=O)C=C1CC[C@@H]1[C@@H]2[C@H](O)C[C@]2(C)C(=CCO)CC[C@@H]12. The molecule has 24 heavy (non-hydrogen) atoms. The second-order valence-corrected chi connectivity index (χ2v) is 9.03. The molecule has 0 heterocycles. The lowest BCUT2D eigenvalue weighted by Gasteiger charge is -2.59. The highest BCUT2D eigenvalue weighted by Gasteiger charge is 2.60. The highest BCUT2D eigenvalue weighted by molar-refractivity contribution is 5.91. The fourth-order valence-electron chi connectivity index (χ4n) is 6.98. The third-order valence-corrected chi connectivity index (χ3v) is 8.08. The van der Waals surface area contributed by atoms with Gasteiger partial charge >= 0.3 is 0 Å². The van der Waals surface area contributed by atoms with Crippen molar-refractivity contribution in [3.05, 3.63) is 23.3 Å². The van der Waals surface area contributed by atoms with Gasteiger partial charge in [-0.15, -0.1) is 0 Å². The zero-order chi connectivity index (χ0) is 17.1. The average Bonchev–Trinajstić information content (AvgIpc) is 2.84. The molecule has 4 aliphatic rings. The van der Waals surface area contributed by atoms with Crippen LogP contribution in [0.25, 0.3) is 0 Å². The Labute approximate surface area is 144 Å². The molecule has 0 bridgehead atoms. The lowest BCUT2D eigenvalue weighted by Crippen LogP contribution is -2.55. The summed E-state index contributed by atoms with van der Waals surface area (Å²) in [5, 5.41) is 20.5. The van der Waals surface area contributed by atoms with Crippen molar-refractivity contribution >= 4 is 5.78 Å². The average molecular weight is 330 g/mol. The second kappa shape index (κ2) is 5.54. The summed E-state index contributed by atoms with van der Waals surface area (Å²) in [6.45, 7) is 4.71. The van der Waals surface area contributed by atoms with Crippen LogP contribution in [0, 0.1) is 28.6 Å². The third kappa shape index (κ3) is 2.13. The first-order valence-corrected chi connectivity index (χ1v) is 9.62. The number of carbonyl (C=O) groups excluding carboxylic acids is 1. The standard InChI is InChI=1S/C21H30O3/c1-20-9-7-15(23)11-14(20)3-5-16-17-6-4-13(8-10-22)21(17,2)12-18(24)19(16)20/h8,11,16-19,22,24H,3-7,9-10,12H2,1-2H3/t16-,17-,18+,19+,20-,21+/m0/s1. The van der Waals surface area contributed by atoms with Gasteiger partial charge in [0.2, 0.25) is 0 Å². The summed E-state index contributed by atoms with van der Waals surface area (Å²) in [4.78, 5) is 11.9. The topological polar surface area (TPSA) is 57.5 Å². The fourth-order valence-corrected chi connectivity index (χ4v) is 6.98. The summed E-state index contributed by atoms with van der Waals surface area (Å²) >= 11 is 0. The molecule has 0 radical (unpaired) electrons. The van der Waals surface area contributed by atoms with Crippen LogP contribution in [-0.4, -0.2) is 28.7 Å². The Morgan fingerprint density at radius 1 is 1.21 bits per heavy atom. The van der Waals surface area contributed by atoms with E-state index in [2.05, 4.69) is 13.8 Å². The molecule has 0 spiro atoms. The number of fused-ring (bicyclic) bond motifs is 5. The molecular weight excluding hydrogens is 300 g/mol. The van der Waals surface area contributed by atoms with Crippen LogP contribution in [0.1, 0.15) is 58.8 Å². The third-order valence-electron chi connectivity index (χ3n) is 8.08. The van der Waals surface area contributed by atoms with E-state index in [9.17, 15) is 15.0 Å². The van der Waals surface area contributed by atoms with Gasteiger partial charge in [-0.2, -0.15) is 0 Å². The maximum atomic E-state index is 11.9. The van der Waals surface area contributed by atoms with Crippen molar-refractivity contribution in [1.82, 2.24) is 0 Å². The minimum absolute atomic E-state index is 0.00101. The van der Waals surface area contributed by atoms with Crippen LogP contribution in [0.3, 0.4) is 0 Å². The maximum Gasteiger partial charge on any atom is 0.155 e. The van der Waals surface area contributed by atoms with Gasteiger partial charge in [0.1, 0.15) is 0 Å². The van der Waals surface area contributed by atoms with Crippen molar-refractivity contribution < 1.29 is 15.0 Å². The molecule has 0 aromatic heterocycles. The van der Waals surface area contributed by atoms with Gasteiger partial charge in [0.15, 0.2) is 5.78 Å². The number of allylic oxidation sites excluding steroid dienone is 2. The van der Waals surface area contributed by atoms with E-state index in [4.69, 9.17) is 0 Å². The predicted molar refractivity (Wildman–Crippen MR) is 93.3 cm³/mol. The smallest absolute Gasteiger partial charge is 0.155 e. The van der Waals surface area contributed by atoms with Crippen molar-refractivity contribution in [2.75, 3.05) is 6.61 Å². The van der Waals surface area contributed by atoms with Gasteiger partial charge in [-0.1, -0.05) is 31.1 Å². The minimum atomic E-state index is -0.307. The largest absolute Gasteiger partial charge is 0.393 e. The van der Waals surface area contributed by atoms with Gasteiger partial charge in [0.25, 0.3) is 0 Å². The first kappa shape index (κ1) is 16.5. The number of aliphatic hydroxyl groups is 2. The van der Waals surface area contributed by atoms with Gasteiger partial charge in [0, 0.05) is 6.42 Å². The van der Waals surface area contributed by atoms with Crippen LogP contribution < -0.4 is 0 Å². The molecule has 0 unspecified atom stereocenters. The van der Waals surface area contributed by atoms with Crippen molar-refractivity contribution in [2.24, 2.45) is 28.6 Å². The minimum Gasteiger partial charge on any atom is -0.393 e. The summed E-state index contributed by atoms with van der Waals surface area (Å²) in [6, 6.07) is 0. The Morgan fingerprint density at radius 3 is 2.75 bits per heavy atom. The van der Waals surface area contributed by atoms with Crippen molar-refractivity contribution in [1.29, 1.82) is 0 Å². The van der Waals surface area contributed by atoms with E-state index >= 15 is 0 Å². The van der Waals surface area contributed by atoms with Gasteiger partial charge in [-0.05, 0) is 73.2 Å². The molecule has 2 N–H and O–H groups in total.